The number of carboxylic acid groups (broad SMARTS) is 1. The van der Waals surface area contributed by atoms with E-state index in [1.165, 1.54) is 10.9 Å². The van der Waals surface area contributed by atoms with Crippen molar-refractivity contribution in [2.45, 2.75) is 12.8 Å². The zero-order valence-electron chi connectivity index (χ0n) is 10.7. The van der Waals surface area contributed by atoms with Gasteiger partial charge >= 0.3 is 5.97 Å². The van der Waals surface area contributed by atoms with E-state index in [1.807, 2.05) is 36.4 Å². The van der Waals surface area contributed by atoms with Crippen molar-refractivity contribution in [3.05, 3.63) is 42.2 Å². The van der Waals surface area contributed by atoms with E-state index < -0.39 is 5.97 Å². The van der Waals surface area contributed by atoms with E-state index in [0.29, 0.717) is 12.8 Å². The molecule has 0 atom stereocenters. The Morgan fingerprint density at radius 2 is 2.15 bits per heavy atom. The molecule has 0 spiro atoms. The summed E-state index contributed by atoms with van der Waals surface area (Å²) in [4.78, 5) is 11.1. The SMILES string of the molecule is N#CCCCOc1cn(-c2ccccc2)nc1C(=O)O. The van der Waals surface area contributed by atoms with Gasteiger partial charge in [-0.1, -0.05) is 18.2 Å². The van der Waals surface area contributed by atoms with Crippen molar-refractivity contribution >= 4 is 5.97 Å². The maximum absolute atomic E-state index is 11.1. The van der Waals surface area contributed by atoms with Crippen molar-refractivity contribution in [1.29, 1.82) is 5.26 Å². The van der Waals surface area contributed by atoms with Crippen LogP contribution in [0.4, 0.5) is 0 Å². The third-order valence-corrected chi connectivity index (χ3v) is 2.59. The molecule has 0 aliphatic carbocycles. The van der Waals surface area contributed by atoms with Gasteiger partial charge in [-0.15, -0.1) is 0 Å². The van der Waals surface area contributed by atoms with Crippen molar-refractivity contribution in [3.8, 4) is 17.5 Å². The number of aromatic nitrogens is 2. The van der Waals surface area contributed by atoms with Gasteiger partial charge in [0, 0.05) is 6.42 Å². The summed E-state index contributed by atoms with van der Waals surface area (Å²) in [7, 11) is 0. The van der Waals surface area contributed by atoms with Crippen molar-refractivity contribution < 1.29 is 14.6 Å². The van der Waals surface area contributed by atoms with E-state index >= 15 is 0 Å². The number of carbonyl (C=O) groups is 1. The Balaban J connectivity index is 2.21. The standard InChI is InChI=1S/C14H13N3O3/c15-8-4-5-9-20-12-10-17(16-13(12)14(18)19)11-6-2-1-3-7-11/h1-3,6-7,10H,4-5,9H2,(H,18,19). The van der Waals surface area contributed by atoms with E-state index in [2.05, 4.69) is 5.10 Å². The van der Waals surface area contributed by atoms with E-state index in [-0.39, 0.29) is 18.1 Å². The summed E-state index contributed by atoms with van der Waals surface area (Å²) in [6.07, 6.45) is 2.45. The Bertz CT molecular complexity index is 629. The second-order valence-electron chi connectivity index (χ2n) is 4.04. The number of rotatable bonds is 6. The van der Waals surface area contributed by atoms with Crippen molar-refractivity contribution in [2.24, 2.45) is 0 Å². The minimum absolute atomic E-state index is 0.134. The Hall–Kier alpha value is -2.81. The second-order valence-corrected chi connectivity index (χ2v) is 4.04. The Labute approximate surface area is 115 Å². The number of hydrogen-bond donors (Lipinski definition) is 1. The van der Waals surface area contributed by atoms with E-state index in [9.17, 15) is 4.79 Å². The molecule has 102 valence electrons. The predicted octanol–water partition coefficient (Wildman–Crippen LogP) is 2.25. The van der Waals surface area contributed by atoms with Crippen LogP contribution in [0.3, 0.4) is 0 Å². The van der Waals surface area contributed by atoms with Gasteiger partial charge in [-0.2, -0.15) is 10.4 Å². The monoisotopic (exact) mass is 271 g/mol. The molecule has 0 amide bonds. The normalized spacial score (nSPS) is 9.95. The van der Waals surface area contributed by atoms with Gasteiger partial charge < -0.3 is 9.84 Å². The number of para-hydroxylation sites is 1. The molecule has 0 bridgehead atoms. The lowest BCUT2D eigenvalue weighted by Crippen LogP contribution is -2.04. The van der Waals surface area contributed by atoms with Crippen LogP contribution in [0, 0.1) is 11.3 Å². The van der Waals surface area contributed by atoms with Gasteiger partial charge in [0.15, 0.2) is 5.75 Å². The van der Waals surface area contributed by atoms with E-state index in [0.717, 1.165) is 5.69 Å². The van der Waals surface area contributed by atoms with Gasteiger partial charge in [0.2, 0.25) is 5.69 Å². The molecule has 1 N–H and O–H groups in total. The highest BCUT2D eigenvalue weighted by molar-refractivity contribution is 5.88. The van der Waals surface area contributed by atoms with Gasteiger partial charge in [0.25, 0.3) is 0 Å². The van der Waals surface area contributed by atoms with Crippen LogP contribution in [0.1, 0.15) is 23.3 Å². The van der Waals surface area contributed by atoms with Crippen molar-refractivity contribution in [3.63, 3.8) is 0 Å². The lowest BCUT2D eigenvalue weighted by molar-refractivity contribution is 0.0685. The van der Waals surface area contributed by atoms with Crippen LogP contribution >= 0.6 is 0 Å². The first-order chi connectivity index (χ1) is 9.72. The molecule has 20 heavy (non-hydrogen) atoms. The number of unbranched alkanes of at least 4 members (excludes halogenated alkanes) is 1. The molecule has 6 heteroatoms. The summed E-state index contributed by atoms with van der Waals surface area (Å²) in [5.74, 6) is -0.936. The van der Waals surface area contributed by atoms with Crippen LogP contribution in [0.25, 0.3) is 5.69 Å². The Morgan fingerprint density at radius 3 is 2.80 bits per heavy atom. The summed E-state index contributed by atoms with van der Waals surface area (Å²) in [6, 6.07) is 11.2. The van der Waals surface area contributed by atoms with Gasteiger partial charge in [0.1, 0.15) is 0 Å². The molecular weight excluding hydrogens is 258 g/mol. The first-order valence-corrected chi connectivity index (χ1v) is 6.10. The highest BCUT2D eigenvalue weighted by atomic mass is 16.5. The first kappa shape index (κ1) is 13.6. The third kappa shape index (κ3) is 3.14. The fourth-order valence-electron chi connectivity index (χ4n) is 1.66. The summed E-state index contributed by atoms with van der Waals surface area (Å²) < 4.78 is 6.85. The van der Waals surface area contributed by atoms with E-state index in [4.69, 9.17) is 15.1 Å². The topological polar surface area (TPSA) is 88.1 Å². The quantitative estimate of drug-likeness (QED) is 0.814. The van der Waals surface area contributed by atoms with Gasteiger partial charge in [-0.05, 0) is 18.6 Å². The first-order valence-electron chi connectivity index (χ1n) is 6.10. The maximum Gasteiger partial charge on any atom is 0.360 e. The highest BCUT2D eigenvalue weighted by Gasteiger charge is 2.17. The third-order valence-electron chi connectivity index (χ3n) is 2.59. The number of carboxylic acids is 1. The molecule has 1 heterocycles. The maximum atomic E-state index is 11.1. The lowest BCUT2D eigenvalue weighted by Gasteiger charge is -2.01. The van der Waals surface area contributed by atoms with Gasteiger partial charge in [0.05, 0.1) is 24.6 Å². The zero-order chi connectivity index (χ0) is 14.4. The predicted molar refractivity (Wildman–Crippen MR) is 70.9 cm³/mol. The summed E-state index contributed by atoms with van der Waals surface area (Å²) in [5.41, 5.74) is 0.618. The average molecular weight is 271 g/mol. The number of ether oxygens (including phenoxy) is 1. The van der Waals surface area contributed by atoms with E-state index in [1.54, 1.807) is 0 Å². The number of aromatic carboxylic acids is 1. The zero-order valence-corrected chi connectivity index (χ0v) is 10.7. The summed E-state index contributed by atoms with van der Waals surface area (Å²) in [5, 5.41) is 21.6. The molecule has 0 fully saturated rings. The molecule has 2 aromatic rings. The minimum Gasteiger partial charge on any atom is -0.489 e. The fourth-order valence-corrected chi connectivity index (χ4v) is 1.66. The Morgan fingerprint density at radius 1 is 1.40 bits per heavy atom. The van der Waals surface area contributed by atoms with Gasteiger partial charge in [-0.25, -0.2) is 9.48 Å². The molecule has 0 unspecified atom stereocenters. The number of nitriles is 1. The summed E-state index contributed by atoms with van der Waals surface area (Å²) in [6.45, 7) is 0.286. The van der Waals surface area contributed by atoms with Crippen LogP contribution in [0.2, 0.25) is 0 Å². The molecule has 0 saturated carbocycles. The molecule has 1 aromatic heterocycles. The van der Waals surface area contributed by atoms with Crippen LogP contribution in [0.5, 0.6) is 5.75 Å². The number of hydrogen-bond acceptors (Lipinski definition) is 4. The second kappa shape index (κ2) is 6.38. The highest BCUT2D eigenvalue weighted by Crippen LogP contribution is 2.20. The molecule has 2 rings (SSSR count). The molecule has 0 saturated heterocycles. The van der Waals surface area contributed by atoms with Crippen LogP contribution in [0.15, 0.2) is 36.5 Å². The number of benzene rings is 1. The van der Waals surface area contributed by atoms with Crippen LogP contribution in [-0.2, 0) is 0 Å². The Kier molecular flexibility index (Phi) is 4.35. The van der Waals surface area contributed by atoms with Crippen LogP contribution in [-0.4, -0.2) is 27.5 Å². The van der Waals surface area contributed by atoms with Crippen molar-refractivity contribution in [2.75, 3.05) is 6.61 Å². The molecule has 6 nitrogen and oxygen atoms in total. The lowest BCUT2D eigenvalue weighted by atomic mass is 10.3. The molecule has 0 aliphatic heterocycles. The minimum atomic E-state index is -1.14. The van der Waals surface area contributed by atoms with Gasteiger partial charge in [-0.3, -0.25) is 0 Å². The van der Waals surface area contributed by atoms with Crippen molar-refractivity contribution in [1.82, 2.24) is 9.78 Å². The summed E-state index contributed by atoms with van der Waals surface area (Å²) >= 11 is 0. The molecular formula is C14H13N3O3. The van der Waals surface area contributed by atoms with Crippen LogP contribution < -0.4 is 4.74 Å². The number of nitrogens with zero attached hydrogens (tertiary/aromatic N) is 3. The largest absolute Gasteiger partial charge is 0.489 e. The molecule has 1 aromatic carbocycles. The molecule has 0 radical (unpaired) electrons. The fraction of sp³-hybridized carbons (Fsp3) is 0.214. The molecule has 0 aliphatic rings. The smallest absolute Gasteiger partial charge is 0.360 e. The average Bonchev–Trinajstić information content (AvgIpc) is 2.89.